The maximum atomic E-state index is 11.4. The van der Waals surface area contributed by atoms with Gasteiger partial charge in [-0.2, -0.15) is 0 Å². The zero-order valence-electron chi connectivity index (χ0n) is 7.68. The van der Waals surface area contributed by atoms with Crippen molar-refractivity contribution >= 4 is 34.7 Å². The quantitative estimate of drug-likeness (QED) is 0.541. The standard InChI is InChI=1S/C9H10ClO.ClH.Mg/c1-9(2,11)7-3-5-8(10)6-4-7;;/h3-6H,1-2H3;1H;/q-1;;+2/p-1. The van der Waals surface area contributed by atoms with Gasteiger partial charge in [0, 0.05) is 5.02 Å². The third-order valence-electron chi connectivity index (χ3n) is 1.54. The summed E-state index contributed by atoms with van der Waals surface area (Å²) in [7, 11) is 0. The van der Waals surface area contributed by atoms with Crippen molar-refractivity contribution in [1.82, 2.24) is 0 Å². The van der Waals surface area contributed by atoms with E-state index in [2.05, 4.69) is 0 Å². The van der Waals surface area contributed by atoms with E-state index < -0.39 is 5.60 Å². The van der Waals surface area contributed by atoms with Crippen molar-refractivity contribution in [3.63, 3.8) is 0 Å². The minimum atomic E-state index is -1.02. The van der Waals surface area contributed by atoms with Crippen molar-refractivity contribution in [1.29, 1.82) is 0 Å². The van der Waals surface area contributed by atoms with Gasteiger partial charge in [0.1, 0.15) is 0 Å². The molecule has 0 N–H and O–H groups in total. The molecule has 1 aromatic carbocycles. The van der Waals surface area contributed by atoms with Gasteiger partial charge in [0.2, 0.25) is 0 Å². The van der Waals surface area contributed by atoms with Crippen molar-refractivity contribution in [2.24, 2.45) is 0 Å². The first-order chi connectivity index (χ1) is 5.00. The maximum absolute atomic E-state index is 11.4. The molecule has 0 spiro atoms. The molecule has 0 saturated carbocycles. The van der Waals surface area contributed by atoms with Crippen LogP contribution in [0.1, 0.15) is 19.4 Å². The van der Waals surface area contributed by atoms with Crippen LogP contribution in [0.15, 0.2) is 24.3 Å². The first kappa shape index (κ1) is 16.0. The van der Waals surface area contributed by atoms with E-state index in [1.165, 1.54) is 0 Å². The normalized spacial score (nSPS) is 9.85. The Balaban J connectivity index is 0. The summed E-state index contributed by atoms with van der Waals surface area (Å²) in [5, 5.41) is 12.0. The van der Waals surface area contributed by atoms with Crippen LogP contribution in [0.3, 0.4) is 0 Å². The molecule has 0 bridgehead atoms. The summed E-state index contributed by atoms with van der Waals surface area (Å²) in [4.78, 5) is 0. The van der Waals surface area contributed by atoms with E-state index in [0.29, 0.717) is 5.02 Å². The van der Waals surface area contributed by atoms with Gasteiger partial charge in [-0.15, -0.1) is 0 Å². The Kier molecular flexibility index (Phi) is 7.49. The average molecular weight is 229 g/mol. The second-order valence-corrected chi connectivity index (χ2v) is 3.45. The van der Waals surface area contributed by atoms with Gasteiger partial charge in [-0.1, -0.05) is 48.7 Å². The Morgan fingerprint density at radius 3 is 1.85 bits per heavy atom. The van der Waals surface area contributed by atoms with Crippen molar-refractivity contribution in [2.45, 2.75) is 19.4 Å². The number of halogens is 2. The van der Waals surface area contributed by atoms with Gasteiger partial charge in [-0.25, -0.2) is 0 Å². The van der Waals surface area contributed by atoms with Gasteiger partial charge in [-0.05, 0) is 12.1 Å². The van der Waals surface area contributed by atoms with Gasteiger partial charge in [0.05, 0.1) is 0 Å². The summed E-state index contributed by atoms with van der Waals surface area (Å²) >= 11 is 5.66. The van der Waals surface area contributed by atoms with E-state index in [0.717, 1.165) is 5.56 Å². The van der Waals surface area contributed by atoms with E-state index in [4.69, 9.17) is 11.6 Å². The predicted octanol–water partition coefficient (Wildman–Crippen LogP) is -1.44. The fraction of sp³-hybridized carbons (Fsp3) is 0.333. The second-order valence-electron chi connectivity index (χ2n) is 3.02. The molecule has 0 aliphatic heterocycles. The summed E-state index contributed by atoms with van der Waals surface area (Å²) in [6.07, 6.45) is 0. The number of hydrogen-bond donors (Lipinski definition) is 0. The minimum absolute atomic E-state index is 0. The van der Waals surface area contributed by atoms with Gasteiger partial charge in [-0.3, -0.25) is 0 Å². The summed E-state index contributed by atoms with van der Waals surface area (Å²) in [6.45, 7) is 3.27. The first-order valence-electron chi connectivity index (χ1n) is 3.46. The Morgan fingerprint density at radius 1 is 1.15 bits per heavy atom. The Morgan fingerprint density at radius 2 is 1.54 bits per heavy atom. The minimum Gasteiger partial charge on any atom is -1.00 e. The molecule has 4 heteroatoms. The molecule has 1 nitrogen and oxygen atoms in total. The monoisotopic (exact) mass is 228 g/mol. The molecule has 0 aliphatic rings. The third-order valence-corrected chi connectivity index (χ3v) is 1.79. The second kappa shape index (κ2) is 6.09. The molecule has 1 rings (SSSR count). The van der Waals surface area contributed by atoms with Gasteiger partial charge >= 0.3 is 23.1 Å². The van der Waals surface area contributed by atoms with Crippen LogP contribution in [-0.4, -0.2) is 23.1 Å². The molecular formula is C9H10Cl2MgO. The van der Waals surface area contributed by atoms with Crippen LogP contribution >= 0.6 is 11.6 Å². The largest absolute Gasteiger partial charge is 2.00 e. The van der Waals surface area contributed by atoms with Gasteiger partial charge in [0.15, 0.2) is 0 Å². The first-order valence-corrected chi connectivity index (χ1v) is 3.84. The van der Waals surface area contributed by atoms with Crippen LogP contribution in [0.5, 0.6) is 0 Å². The molecule has 0 aliphatic carbocycles. The molecule has 0 unspecified atom stereocenters. The fourth-order valence-corrected chi connectivity index (χ4v) is 0.977. The van der Waals surface area contributed by atoms with Crippen LogP contribution in [0, 0.1) is 0 Å². The summed E-state index contributed by atoms with van der Waals surface area (Å²) in [5.74, 6) is 0. The Labute approximate surface area is 106 Å². The summed E-state index contributed by atoms with van der Waals surface area (Å²) in [5.41, 5.74) is -0.258. The molecule has 0 saturated heterocycles. The molecule has 0 amide bonds. The molecule has 68 valence electrons. The molecule has 0 radical (unpaired) electrons. The Hall–Kier alpha value is 0.526. The summed E-state index contributed by atoms with van der Waals surface area (Å²) < 4.78 is 0. The average Bonchev–Trinajstić information content (AvgIpc) is 1.86. The Bertz CT molecular complexity index is 241. The molecule has 0 atom stereocenters. The van der Waals surface area contributed by atoms with Crippen molar-refractivity contribution in [3.05, 3.63) is 34.9 Å². The third kappa shape index (κ3) is 5.08. The molecule has 0 aromatic heterocycles. The number of benzene rings is 1. The molecule has 13 heavy (non-hydrogen) atoms. The SMILES string of the molecule is CC(C)([O-])c1ccc(Cl)cc1.[Cl-].[Mg+2]. The van der Waals surface area contributed by atoms with Crippen LogP contribution in [0.2, 0.25) is 5.02 Å². The topological polar surface area (TPSA) is 23.1 Å². The van der Waals surface area contributed by atoms with E-state index in [9.17, 15) is 5.11 Å². The summed E-state index contributed by atoms with van der Waals surface area (Å²) in [6, 6.07) is 6.98. The number of hydrogen-bond acceptors (Lipinski definition) is 1. The van der Waals surface area contributed by atoms with E-state index >= 15 is 0 Å². The molecule has 0 fully saturated rings. The maximum Gasteiger partial charge on any atom is 2.00 e. The molecule has 0 heterocycles. The fourth-order valence-electron chi connectivity index (χ4n) is 0.851. The van der Waals surface area contributed by atoms with Crippen molar-refractivity contribution in [3.8, 4) is 0 Å². The van der Waals surface area contributed by atoms with Crippen LogP contribution in [0.4, 0.5) is 0 Å². The zero-order chi connectivity index (χ0) is 8.48. The van der Waals surface area contributed by atoms with Crippen molar-refractivity contribution < 1.29 is 17.5 Å². The van der Waals surface area contributed by atoms with Gasteiger partial charge in [0.25, 0.3) is 0 Å². The van der Waals surface area contributed by atoms with Crippen LogP contribution in [-0.2, 0) is 5.60 Å². The van der Waals surface area contributed by atoms with Crippen molar-refractivity contribution in [2.75, 3.05) is 0 Å². The van der Waals surface area contributed by atoms with E-state index in [1.54, 1.807) is 38.1 Å². The van der Waals surface area contributed by atoms with E-state index in [-0.39, 0.29) is 35.5 Å². The smallest absolute Gasteiger partial charge is 1.00 e. The zero-order valence-corrected chi connectivity index (χ0v) is 10.6. The number of rotatable bonds is 1. The van der Waals surface area contributed by atoms with E-state index in [1.807, 2.05) is 0 Å². The predicted molar refractivity (Wildman–Crippen MR) is 50.2 cm³/mol. The van der Waals surface area contributed by atoms with Gasteiger partial charge < -0.3 is 17.5 Å². The van der Waals surface area contributed by atoms with Crippen LogP contribution < -0.4 is 17.5 Å². The van der Waals surface area contributed by atoms with Crippen LogP contribution in [0.25, 0.3) is 0 Å². The molecule has 1 aromatic rings. The molecular weight excluding hydrogens is 219 g/mol.